The summed E-state index contributed by atoms with van der Waals surface area (Å²) in [5, 5.41) is 0. The SMILES string of the molecule is CC(C)CC(C(C)C)C1CC1.CC(C)CC1(C(C)C)CC(F)(F)C1. The Kier molecular flexibility index (Phi) is 7.75. The molecule has 0 heterocycles. The normalized spacial score (nSPS) is 23.2. The minimum Gasteiger partial charge on any atom is -0.207 e. The van der Waals surface area contributed by atoms with Crippen LogP contribution in [-0.4, -0.2) is 5.92 Å². The molecule has 1 unspecified atom stereocenters. The van der Waals surface area contributed by atoms with Crippen molar-refractivity contribution in [3.05, 3.63) is 0 Å². The molecule has 0 aromatic rings. The second-order valence-electron chi connectivity index (χ2n) is 10.2. The molecule has 0 aliphatic heterocycles. The van der Waals surface area contributed by atoms with Gasteiger partial charge in [0.15, 0.2) is 0 Å². The van der Waals surface area contributed by atoms with Crippen molar-refractivity contribution in [1.82, 2.24) is 0 Å². The van der Waals surface area contributed by atoms with Crippen molar-refractivity contribution < 1.29 is 8.78 Å². The van der Waals surface area contributed by atoms with Crippen molar-refractivity contribution in [2.45, 2.75) is 99.8 Å². The quantitative estimate of drug-likeness (QED) is 0.441. The molecule has 2 heteroatoms. The van der Waals surface area contributed by atoms with E-state index in [-0.39, 0.29) is 18.3 Å². The largest absolute Gasteiger partial charge is 0.249 e. The van der Waals surface area contributed by atoms with Crippen LogP contribution < -0.4 is 0 Å². The second kappa shape index (κ2) is 8.49. The molecule has 0 bridgehead atoms. The summed E-state index contributed by atoms with van der Waals surface area (Å²) in [4.78, 5) is 0. The van der Waals surface area contributed by atoms with Gasteiger partial charge in [-0.3, -0.25) is 0 Å². The molecule has 0 aromatic carbocycles. The monoisotopic (exact) mass is 344 g/mol. The van der Waals surface area contributed by atoms with Crippen molar-refractivity contribution >= 4 is 0 Å². The van der Waals surface area contributed by atoms with Gasteiger partial charge in [0.1, 0.15) is 0 Å². The van der Waals surface area contributed by atoms with Gasteiger partial charge < -0.3 is 0 Å². The zero-order chi connectivity index (χ0) is 18.7. The molecule has 0 nitrogen and oxygen atoms in total. The zero-order valence-electron chi connectivity index (χ0n) is 17.5. The molecule has 0 radical (unpaired) electrons. The van der Waals surface area contributed by atoms with Crippen LogP contribution in [0.3, 0.4) is 0 Å². The van der Waals surface area contributed by atoms with Crippen LogP contribution in [0, 0.1) is 40.9 Å². The van der Waals surface area contributed by atoms with Gasteiger partial charge in [-0.15, -0.1) is 0 Å². The first-order valence-corrected chi connectivity index (χ1v) is 10.3. The Labute approximate surface area is 150 Å². The van der Waals surface area contributed by atoms with Crippen LogP contribution in [0.4, 0.5) is 8.78 Å². The molecular formula is C22H42F2. The lowest BCUT2D eigenvalue weighted by molar-refractivity contribution is -0.185. The standard InChI is InChI=1S/C11H20F2.C11H22/c1-8(2)5-10(9(3)4)6-11(12,13)7-10;1-8(2)7-11(9(3)4)10-5-6-10/h8-9H,5-7H2,1-4H3;8-11H,5-7H2,1-4H3. The van der Waals surface area contributed by atoms with Gasteiger partial charge in [0.2, 0.25) is 5.92 Å². The molecule has 0 spiro atoms. The van der Waals surface area contributed by atoms with Gasteiger partial charge in [-0.2, -0.15) is 0 Å². The van der Waals surface area contributed by atoms with Crippen LogP contribution in [0.2, 0.25) is 0 Å². The van der Waals surface area contributed by atoms with E-state index < -0.39 is 5.92 Å². The Morgan fingerprint density at radius 3 is 1.58 bits per heavy atom. The molecule has 2 saturated carbocycles. The Bertz CT molecular complexity index is 349. The third kappa shape index (κ3) is 6.64. The molecule has 2 rings (SSSR count). The lowest BCUT2D eigenvalue weighted by atomic mass is 9.57. The molecular weight excluding hydrogens is 302 g/mol. The minimum absolute atomic E-state index is 0.0718. The average molecular weight is 345 g/mol. The molecule has 1 atom stereocenters. The molecule has 0 saturated heterocycles. The summed E-state index contributed by atoms with van der Waals surface area (Å²) in [6.45, 7) is 17.8. The van der Waals surface area contributed by atoms with Gasteiger partial charge in [-0.05, 0) is 66.6 Å². The Hall–Kier alpha value is -0.140. The van der Waals surface area contributed by atoms with Crippen molar-refractivity contribution in [2.24, 2.45) is 40.9 Å². The number of hydrogen-bond acceptors (Lipinski definition) is 0. The highest BCUT2D eigenvalue weighted by atomic mass is 19.3. The third-order valence-electron chi connectivity index (χ3n) is 6.09. The maximum absolute atomic E-state index is 12.8. The second-order valence-corrected chi connectivity index (χ2v) is 10.2. The lowest BCUT2D eigenvalue weighted by Gasteiger charge is -2.51. The molecule has 0 N–H and O–H groups in total. The first-order chi connectivity index (χ1) is 10.9. The molecule has 2 aliphatic carbocycles. The summed E-state index contributed by atoms with van der Waals surface area (Å²) < 4.78 is 25.7. The van der Waals surface area contributed by atoms with Crippen LogP contribution >= 0.6 is 0 Å². The number of rotatable bonds is 7. The maximum atomic E-state index is 12.8. The number of hydrogen-bond donors (Lipinski definition) is 0. The first kappa shape index (κ1) is 21.9. The zero-order valence-corrected chi connectivity index (χ0v) is 17.5. The summed E-state index contributed by atoms with van der Waals surface area (Å²) in [5.41, 5.74) is -0.0718. The van der Waals surface area contributed by atoms with Crippen LogP contribution in [0.1, 0.15) is 93.9 Å². The molecule has 144 valence electrons. The molecule has 2 fully saturated rings. The minimum atomic E-state index is -2.38. The van der Waals surface area contributed by atoms with Gasteiger partial charge in [0.05, 0.1) is 0 Å². The van der Waals surface area contributed by atoms with E-state index >= 15 is 0 Å². The Balaban J connectivity index is 0.000000243. The maximum Gasteiger partial charge on any atom is 0.249 e. The van der Waals surface area contributed by atoms with Gasteiger partial charge in [-0.25, -0.2) is 8.78 Å². The summed E-state index contributed by atoms with van der Waals surface area (Å²) >= 11 is 0. The van der Waals surface area contributed by atoms with Crippen molar-refractivity contribution in [1.29, 1.82) is 0 Å². The molecule has 0 amide bonds. The highest BCUT2D eigenvalue weighted by Crippen LogP contribution is 2.59. The molecule has 0 aromatic heterocycles. The highest BCUT2D eigenvalue weighted by Gasteiger charge is 2.57. The van der Waals surface area contributed by atoms with E-state index in [1.165, 1.54) is 19.3 Å². The predicted molar refractivity (Wildman–Crippen MR) is 101 cm³/mol. The van der Waals surface area contributed by atoms with Crippen LogP contribution in [0.5, 0.6) is 0 Å². The number of alkyl halides is 2. The van der Waals surface area contributed by atoms with Gasteiger partial charge >= 0.3 is 0 Å². The summed E-state index contributed by atoms with van der Waals surface area (Å²) in [6.07, 6.45) is 5.62. The summed E-state index contributed by atoms with van der Waals surface area (Å²) in [7, 11) is 0. The smallest absolute Gasteiger partial charge is 0.207 e. The van der Waals surface area contributed by atoms with E-state index in [9.17, 15) is 8.78 Å². The number of halogens is 2. The van der Waals surface area contributed by atoms with E-state index in [0.29, 0.717) is 11.8 Å². The topological polar surface area (TPSA) is 0 Å². The fourth-order valence-electron chi connectivity index (χ4n) is 4.66. The van der Waals surface area contributed by atoms with Gasteiger partial charge in [-0.1, -0.05) is 55.4 Å². The van der Waals surface area contributed by atoms with E-state index in [2.05, 4.69) is 55.4 Å². The van der Waals surface area contributed by atoms with Crippen molar-refractivity contribution in [3.8, 4) is 0 Å². The fourth-order valence-corrected chi connectivity index (χ4v) is 4.66. The molecule has 24 heavy (non-hydrogen) atoms. The first-order valence-electron chi connectivity index (χ1n) is 10.3. The van der Waals surface area contributed by atoms with Crippen molar-refractivity contribution in [2.75, 3.05) is 0 Å². The highest BCUT2D eigenvalue weighted by molar-refractivity contribution is 5.00. The predicted octanol–water partition coefficient (Wildman–Crippen LogP) is 7.82. The third-order valence-corrected chi connectivity index (χ3v) is 6.09. The molecule has 2 aliphatic rings. The van der Waals surface area contributed by atoms with Gasteiger partial charge in [0, 0.05) is 12.8 Å². The van der Waals surface area contributed by atoms with Crippen molar-refractivity contribution in [3.63, 3.8) is 0 Å². The van der Waals surface area contributed by atoms with E-state index in [4.69, 9.17) is 0 Å². The summed E-state index contributed by atoms with van der Waals surface area (Å²) in [6, 6.07) is 0. The van der Waals surface area contributed by atoms with E-state index in [1.54, 1.807) is 0 Å². The summed E-state index contributed by atoms with van der Waals surface area (Å²) in [5.74, 6) is 2.45. The average Bonchev–Trinajstić information content (AvgIpc) is 3.16. The van der Waals surface area contributed by atoms with Crippen LogP contribution in [0.15, 0.2) is 0 Å². The lowest BCUT2D eigenvalue weighted by Crippen LogP contribution is -2.49. The van der Waals surface area contributed by atoms with Crippen LogP contribution in [0.25, 0.3) is 0 Å². The van der Waals surface area contributed by atoms with E-state index in [1.807, 2.05) is 0 Å². The Morgan fingerprint density at radius 2 is 1.33 bits per heavy atom. The fraction of sp³-hybridized carbons (Fsp3) is 1.00. The van der Waals surface area contributed by atoms with Gasteiger partial charge in [0.25, 0.3) is 0 Å². The van der Waals surface area contributed by atoms with E-state index in [0.717, 1.165) is 30.1 Å². The van der Waals surface area contributed by atoms with Crippen LogP contribution in [-0.2, 0) is 0 Å². The Morgan fingerprint density at radius 1 is 0.833 bits per heavy atom.